The number of hydrogen-bond acceptors (Lipinski definition) is 4. The maximum Gasteiger partial charge on any atom is 0.284 e. The van der Waals surface area contributed by atoms with Crippen LogP contribution in [0.2, 0.25) is 0 Å². The van der Waals surface area contributed by atoms with E-state index in [2.05, 4.69) is 14.1 Å². The van der Waals surface area contributed by atoms with Gasteiger partial charge in [-0.25, -0.2) is 4.99 Å². The number of hydrogen-bond donors (Lipinski definition) is 0. The highest BCUT2D eigenvalue weighted by molar-refractivity contribution is 7.90. The number of benzene rings is 1. The molecule has 0 bridgehead atoms. The normalized spacial score (nSPS) is 18.9. The number of aliphatic imine (C=N–C) groups is 1. The number of ether oxygens (including phenoxy) is 1. The SMILES string of the molecule is COC([O-])=C1C=CC(=NS(=O)(=O)c2ccc(C)cc2)N=C1. The molecule has 0 atom stereocenters. The van der Waals surface area contributed by atoms with Crippen LogP contribution in [0.15, 0.2) is 62.2 Å². The van der Waals surface area contributed by atoms with Gasteiger partial charge in [0.25, 0.3) is 10.0 Å². The third kappa shape index (κ3) is 3.57. The maximum absolute atomic E-state index is 12.1. The van der Waals surface area contributed by atoms with E-state index in [1.807, 2.05) is 6.92 Å². The monoisotopic (exact) mass is 305 g/mol. The molecular formula is C14H13N2O4S-. The van der Waals surface area contributed by atoms with Gasteiger partial charge in [-0.05, 0) is 38.3 Å². The fraction of sp³-hybridized carbons (Fsp3) is 0.143. The summed E-state index contributed by atoms with van der Waals surface area (Å²) in [5, 5.41) is 11.3. The lowest BCUT2D eigenvalue weighted by Crippen LogP contribution is -2.12. The lowest BCUT2D eigenvalue weighted by Gasteiger charge is -2.12. The van der Waals surface area contributed by atoms with Gasteiger partial charge in [0.2, 0.25) is 0 Å². The quantitative estimate of drug-likeness (QED) is 0.777. The average molecular weight is 305 g/mol. The van der Waals surface area contributed by atoms with Gasteiger partial charge in [0, 0.05) is 11.8 Å². The third-order valence-electron chi connectivity index (χ3n) is 2.70. The van der Waals surface area contributed by atoms with Crippen LogP contribution in [0.3, 0.4) is 0 Å². The summed E-state index contributed by atoms with van der Waals surface area (Å²) in [7, 11) is -2.57. The van der Waals surface area contributed by atoms with Gasteiger partial charge >= 0.3 is 0 Å². The molecule has 0 unspecified atom stereocenters. The van der Waals surface area contributed by atoms with Crippen LogP contribution in [0.4, 0.5) is 0 Å². The van der Waals surface area contributed by atoms with E-state index in [0.717, 1.165) is 5.56 Å². The Labute approximate surface area is 122 Å². The molecule has 6 nitrogen and oxygen atoms in total. The number of dihydropyridines is 1. The molecule has 1 aliphatic rings. The zero-order chi connectivity index (χ0) is 15.5. The number of sulfonamides is 1. The topological polar surface area (TPSA) is 91.1 Å². The molecule has 0 saturated heterocycles. The standard InChI is InChI=1S/C14H14N2O4S/c1-10-3-6-12(7-4-10)21(18,19)16-13-8-5-11(9-15-13)14(17)20-2/h3-9,17H,1-2H3/p-1. The van der Waals surface area contributed by atoms with Crippen LogP contribution in [0.1, 0.15) is 5.56 Å². The number of aryl methyl sites for hydroxylation is 1. The van der Waals surface area contributed by atoms with E-state index in [1.165, 1.54) is 37.6 Å². The van der Waals surface area contributed by atoms with Crippen LogP contribution < -0.4 is 5.11 Å². The van der Waals surface area contributed by atoms with Gasteiger partial charge in [-0.2, -0.15) is 8.42 Å². The van der Waals surface area contributed by atoms with Gasteiger partial charge in [-0.15, -0.1) is 4.40 Å². The molecule has 0 aromatic heterocycles. The molecule has 0 fully saturated rings. The second kappa shape index (κ2) is 5.92. The number of methoxy groups -OCH3 is 1. The van der Waals surface area contributed by atoms with Crippen molar-refractivity contribution in [3.63, 3.8) is 0 Å². The Bertz CT molecular complexity index is 739. The fourth-order valence-electron chi connectivity index (χ4n) is 1.56. The number of amidine groups is 1. The minimum atomic E-state index is -3.82. The third-order valence-corrected chi connectivity index (χ3v) is 4.00. The first-order valence-corrected chi connectivity index (χ1v) is 7.45. The molecule has 0 amide bonds. The molecular weight excluding hydrogens is 292 g/mol. The zero-order valence-corrected chi connectivity index (χ0v) is 12.3. The van der Waals surface area contributed by atoms with Gasteiger partial charge in [0.15, 0.2) is 5.84 Å². The van der Waals surface area contributed by atoms with Crippen molar-refractivity contribution in [2.75, 3.05) is 7.11 Å². The summed E-state index contributed by atoms with van der Waals surface area (Å²) in [5.74, 6) is -0.543. The van der Waals surface area contributed by atoms with Crippen molar-refractivity contribution in [2.45, 2.75) is 11.8 Å². The van der Waals surface area contributed by atoms with Crippen molar-refractivity contribution in [1.29, 1.82) is 0 Å². The van der Waals surface area contributed by atoms with E-state index in [4.69, 9.17) is 0 Å². The molecule has 1 aromatic rings. The summed E-state index contributed by atoms with van der Waals surface area (Å²) in [6.07, 6.45) is 3.97. The van der Waals surface area contributed by atoms with E-state index < -0.39 is 16.0 Å². The van der Waals surface area contributed by atoms with Gasteiger partial charge in [-0.1, -0.05) is 17.7 Å². The molecule has 0 saturated carbocycles. The van der Waals surface area contributed by atoms with Crippen LogP contribution in [0, 0.1) is 6.92 Å². The molecule has 7 heteroatoms. The zero-order valence-electron chi connectivity index (χ0n) is 11.5. The molecule has 0 aliphatic carbocycles. The Morgan fingerprint density at radius 1 is 1.24 bits per heavy atom. The van der Waals surface area contributed by atoms with Gasteiger partial charge in [0.05, 0.1) is 10.8 Å². The molecule has 110 valence electrons. The van der Waals surface area contributed by atoms with Crippen LogP contribution >= 0.6 is 0 Å². The van der Waals surface area contributed by atoms with Crippen molar-refractivity contribution in [1.82, 2.24) is 0 Å². The molecule has 1 aromatic carbocycles. The van der Waals surface area contributed by atoms with E-state index in [9.17, 15) is 13.5 Å². The Balaban J connectivity index is 2.29. The van der Waals surface area contributed by atoms with Crippen LogP contribution in [0.5, 0.6) is 0 Å². The minimum Gasteiger partial charge on any atom is -0.616 e. The first-order chi connectivity index (χ1) is 9.92. The molecule has 2 rings (SSSR count). The summed E-state index contributed by atoms with van der Waals surface area (Å²) in [4.78, 5) is 3.92. The van der Waals surface area contributed by atoms with Crippen LogP contribution in [-0.2, 0) is 14.8 Å². The largest absolute Gasteiger partial charge is 0.616 e. The second-order valence-electron chi connectivity index (χ2n) is 4.28. The highest BCUT2D eigenvalue weighted by Gasteiger charge is 2.14. The molecule has 1 heterocycles. The summed E-state index contributed by atoms with van der Waals surface area (Å²) < 4.78 is 32.3. The second-order valence-corrected chi connectivity index (χ2v) is 5.88. The molecule has 1 aliphatic heterocycles. The average Bonchev–Trinajstić information content (AvgIpc) is 2.47. The van der Waals surface area contributed by atoms with Crippen molar-refractivity contribution in [3.8, 4) is 0 Å². The van der Waals surface area contributed by atoms with Crippen molar-refractivity contribution < 1.29 is 18.3 Å². The first-order valence-electron chi connectivity index (χ1n) is 6.01. The van der Waals surface area contributed by atoms with Gasteiger partial charge in [-0.3, -0.25) is 0 Å². The fourth-order valence-corrected chi connectivity index (χ4v) is 2.50. The Morgan fingerprint density at radius 2 is 1.90 bits per heavy atom. The Morgan fingerprint density at radius 3 is 2.43 bits per heavy atom. The van der Waals surface area contributed by atoms with E-state index in [0.29, 0.717) is 0 Å². The number of allylic oxidation sites excluding steroid dienone is 2. The number of rotatable bonds is 3. The lowest BCUT2D eigenvalue weighted by molar-refractivity contribution is -0.353. The van der Waals surface area contributed by atoms with Crippen molar-refractivity contribution in [3.05, 3.63) is 53.5 Å². The van der Waals surface area contributed by atoms with Gasteiger partial charge < -0.3 is 9.84 Å². The van der Waals surface area contributed by atoms with Crippen molar-refractivity contribution in [2.24, 2.45) is 9.39 Å². The Hall–Kier alpha value is -2.41. The summed E-state index contributed by atoms with van der Waals surface area (Å²) in [6, 6.07) is 6.35. The highest BCUT2D eigenvalue weighted by atomic mass is 32.2. The van der Waals surface area contributed by atoms with Crippen molar-refractivity contribution >= 4 is 22.1 Å². The Kier molecular flexibility index (Phi) is 4.23. The molecule has 0 N–H and O–H groups in total. The number of nitrogens with zero attached hydrogens (tertiary/aromatic N) is 2. The highest BCUT2D eigenvalue weighted by Crippen LogP contribution is 2.15. The smallest absolute Gasteiger partial charge is 0.284 e. The van der Waals surface area contributed by atoms with E-state index in [-0.39, 0.29) is 16.3 Å². The predicted molar refractivity (Wildman–Crippen MR) is 77.5 cm³/mol. The first kappa shape index (κ1) is 15.0. The summed E-state index contributed by atoms with van der Waals surface area (Å²) in [5.41, 5.74) is 1.18. The van der Waals surface area contributed by atoms with Crippen LogP contribution in [0.25, 0.3) is 0 Å². The molecule has 0 radical (unpaired) electrons. The molecule has 0 spiro atoms. The summed E-state index contributed by atoms with van der Waals surface area (Å²) in [6.45, 7) is 1.86. The lowest BCUT2D eigenvalue weighted by atomic mass is 10.2. The van der Waals surface area contributed by atoms with E-state index in [1.54, 1.807) is 12.1 Å². The van der Waals surface area contributed by atoms with E-state index >= 15 is 0 Å². The molecule has 21 heavy (non-hydrogen) atoms. The maximum atomic E-state index is 12.1. The minimum absolute atomic E-state index is 0.00299. The van der Waals surface area contributed by atoms with Gasteiger partial charge in [0.1, 0.15) is 0 Å². The van der Waals surface area contributed by atoms with Crippen LogP contribution in [-0.4, -0.2) is 27.6 Å². The summed E-state index contributed by atoms with van der Waals surface area (Å²) >= 11 is 0. The predicted octanol–water partition coefficient (Wildman–Crippen LogP) is 0.941.